The van der Waals surface area contributed by atoms with Crippen molar-refractivity contribution in [2.45, 2.75) is 32.7 Å². The SMILES string of the molecule is CC(NCC1(C)CC1)c1ccccc1. The third kappa shape index (κ3) is 2.36. The highest BCUT2D eigenvalue weighted by Crippen LogP contribution is 2.44. The van der Waals surface area contributed by atoms with Crippen molar-refractivity contribution in [3.8, 4) is 0 Å². The summed E-state index contributed by atoms with van der Waals surface area (Å²) >= 11 is 0. The summed E-state index contributed by atoms with van der Waals surface area (Å²) in [6.45, 7) is 5.75. The van der Waals surface area contributed by atoms with Gasteiger partial charge in [-0.25, -0.2) is 0 Å². The summed E-state index contributed by atoms with van der Waals surface area (Å²) in [6.07, 6.45) is 2.78. The van der Waals surface area contributed by atoms with Crippen molar-refractivity contribution in [2.75, 3.05) is 6.54 Å². The zero-order chi connectivity index (χ0) is 10.0. The molecule has 0 aromatic heterocycles. The van der Waals surface area contributed by atoms with Crippen LogP contribution in [0.15, 0.2) is 30.3 Å². The molecule has 1 N–H and O–H groups in total. The highest BCUT2D eigenvalue weighted by molar-refractivity contribution is 5.18. The van der Waals surface area contributed by atoms with Gasteiger partial charge in [-0.15, -0.1) is 0 Å². The fraction of sp³-hybridized carbons (Fsp3) is 0.538. The highest BCUT2D eigenvalue weighted by Gasteiger charge is 2.36. The molecule has 1 atom stereocenters. The zero-order valence-corrected chi connectivity index (χ0v) is 9.09. The molecular weight excluding hydrogens is 170 g/mol. The van der Waals surface area contributed by atoms with Crippen LogP contribution in [0.4, 0.5) is 0 Å². The average molecular weight is 189 g/mol. The first-order valence-electron chi connectivity index (χ1n) is 5.48. The average Bonchev–Trinajstić information content (AvgIpc) is 2.95. The van der Waals surface area contributed by atoms with Gasteiger partial charge in [0.2, 0.25) is 0 Å². The lowest BCUT2D eigenvalue weighted by atomic mass is 10.1. The Kier molecular flexibility index (Phi) is 2.60. The molecule has 1 aliphatic rings. The van der Waals surface area contributed by atoms with Gasteiger partial charge in [0.25, 0.3) is 0 Å². The molecule has 1 unspecified atom stereocenters. The summed E-state index contributed by atoms with van der Waals surface area (Å²) in [4.78, 5) is 0. The summed E-state index contributed by atoms with van der Waals surface area (Å²) in [7, 11) is 0. The van der Waals surface area contributed by atoms with Gasteiger partial charge in [0.15, 0.2) is 0 Å². The van der Waals surface area contributed by atoms with Crippen molar-refractivity contribution < 1.29 is 0 Å². The quantitative estimate of drug-likeness (QED) is 0.767. The molecule has 1 aromatic rings. The molecule has 2 rings (SSSR count). The number of hydrogen-bond acceptors (Lipinski definition) is 1. The summed E-state index contributed by atoms with van der Waals surface area (Å²) in [5.41, 5.74) is 1.99. The van der Waals surface area contributed by atoms with Crippen molar-refractivity contribution in [3.05, 3.63) is 35.9 Å². The fourth-order valence-electron chi connectivity index (χ4n) is 1.65. The normalized spacial score (nSPS) is 20.4. The van der Waals surface area contributed by atoms with Crippen LogP contribution >= 0.6 is 0 Å². The maximum atomic E-state index is 3.60. The van der Waals surface area contributed by atoms with Crippen molar-refractivity contribution >= 4 is 0 Å². The van der Waals surface area contributed by atoms with Crippen molar-refractivity contribution in [1.29, 1.82) is 0 Å². The monoisotopic (exact) mass is 189 g/mol. The summed E-state index contributed by atoms with van der Waals surface area (Å²) in [5.74, 6) is 0. The standard InChI is InChI=1S/C13H19N/c1-11(12-6-4-3-5-7-12)14-10-13(2)8-9-13/h3-7,11,14H,8-10H2,1-2H3. The van der Waals surface area contributed by atoms with Crippen molar-refractivity contribution in [1.82, 2.24) is 5.32 Å². The lowest BCUT2D eigenvalue weighted by molar-refractivity contribution is 0.457. The molecule has 0 heterocycles. The lowest BCUT2D eigenvalue weighted by Crippen LogP contribution is -2.25. The van der Waals surface area contributed by atoms with E-state index in [4.69, 9.17) is 0 Å². The van der Waals surface area contributed by atoms with Gasteiger partial charge < -0.3 is 5.32 Å². The number of nitrogens with one attached hydrogen (secondary N) is 1. The van der Waals surface area contributed by atoms with E-state index in [1.54, 1.807) is 0 Å². The Hall–Kier alpha value is -0.820. The number of rotatable bonds is 4. The van der Waals surface area contributed by atoms with Gasteiger partial charge in [0.1, 0.15) is 0 Å². The molecule has 1 nitrogen and oxygen atoms in total. The molecule has 1 saturated carbocycles. The van der Waals surface area contributed by atoms with E-state index in [0.29, 0.717) is 11.5 Å². The van der Waals surface area contributed by atoms with Gasteiger partial charge in [0.05, 0.1) is 0 Å². The number of benzene rings is 1. The second kappa shape index (κ2) is 3.74. The minimum atomic E-state index is 0.480. The minimum absolute atomic E-state index is 0.480. The molecule has 0 saturated heterocycles. The molecule has 1 heteroatoms. The van der Waals surface area contributed by atoms with Gasteiger partial charge in [-0.1, -0.05) is 37.3 Å². The van der Waals surface area contributed by atoms with E-state index >= 15 is 0 Å². The van der Waals surface area contributed by atoms with E-state index in [1.807, 2.05) is 0 Å². The molecule has 76 valence electrons. The fourth-order valence-corrected chi connectivity index (χ4v) is 1.65. The van der Waals surface area contributed by atoms with Gasteiger partial charge in [-0.3, -0.25) is 0 Å². The molecule has 0 radical (unpaired) electrons. The van der Waals surface area contributed by atoms with Crippen LogP contribution in [0, 0.1) is 5.41 Å². The van der Waals surface area contributed by atoms with Crippen molar-refractivity contribution in [2.24, 2.45) is 5.41 Å². The number of hydrogen-bond donors (Lipinski definition) is 1. The Morgan fingerprint density at radius 3 is 2.50 bits per heavy atom. The van der Waals surface area contributed by atoms with Crippen LogP contribution < -0.4 is 5.32 Å². The zero-order valence-electron chi connectivity index (χ0n) is 9.09. The van der Waals surface area contributed by atoms with Crippen LogP contribution in [0.25, 0.3) is 0 Å². The van der Waals surface area contributed by atoms with E-state index in [-0.39, 0.29) is 0 Å². The van der Waals surface area contributed by atoms with E-state index < -0.39 is 0 Å². The maximum Gasteiger partial charge on any atom is 0.0292 e. The molecule has 0 amide bonds. The summed E-state index contributed by atoms with van der Waals surface area (Å²) in [6, 6.07) is 11.1. The van der Waals surface area contributed by atoms with Gasteiger partial charge in [-0.2, -0.15) is 0 Å². The molecule has 0 aliphatic heterocycles. The minimum Gasteiger partial charge on any atom is -0.310 e. The van der Waals surface area contributed by atoms with Crippen LogP contribution in [0.2, 0.25) is 0 Å². The van der Waals surface area contributed by atoms with E-state index in [1.165, 1.54) is 18.4 Å². The first kappa shape index (κ1) is 9.72. The Morgan fingerprint density at radius 1 is 1.29 bits per heavy atom. The van der Waals surface area contributed by atoms with E-state index in [9.17, 15) is 0 Å². The predicted molar refractivity (Wildman–Crippen MR) is 60.2 cm³/mol. The predicted octanol–water partition coefficient (Wildman–Crippen LogP) is 3.14. The Morgan fingerprint density at radius 2 is 1.93 bits per heavy atom. The van der Waals surface area contributed by atoms with Crippen LogP contribution in [0.3, 0.4) is 0 Å². The van der Waals surface area contributed by atoms with Crippen LogP contribution in [0.1, 0.15) is 38.3 Å². The first-order valence-corrected chi connectivity index (χ1v) is 5.48. The third-order valence-corrected chi connectivity index (χ3v) is 3.24. The molecular formula is C13H19N. The molecule has 14 heavy (non-hydrogen) atoms. The van der Waals surface area contributed by atoms with Crippen LogP contribution in [-0.2, 0) is 0 Å². The summed E-state index contributed by atoms with van der Waals surface area (Å²) < 4.78 is 0. The highest BCUT2D eigenvalue weighted by atomic mass is 14.9. The van der Waals surface area contributed by atoms with Gasteiger partial charge >= 0.3 is 0 Å². The molecule has 1 aliphatic carbocycles. The Bertz CT molecular complexity index is 287. The second-order valence-corrected chi connectivity index (χ2v) is 4.82. The van der Waals surface area contributed by atoms with E-state index in [0.717, 1.165) is 6.54 Å². The second-order valence-electron chi connectivity index (χ2n) is 4.82. The Balaban J connectivity index is 1.86. The largest absolute Gasteiger partial charge is 0.310 e. The lowest BCUT2D eigenvalue weighted by Gasteiger charge is -2.17. The topological polar surface area (TPSA) is 12.0 Å². The maximum absolute atomic E-state index is 3.60. The molecule has 1 aromatic carbocycles. The molecule has 0 spiro atoms. The summed E-state index contributed by atoms with van der Waals surface area (Å²) in [5, 5.41) is 3.60. The molecule has 1 fully saturated rings. The van der Waals surface area contributed by atoms with Gasteiger partial charge in [-0.05, 0) is 30.7 Å². The first-order chi connectivity index (χ1) is 6.70. The smallest absolute Gasteiger partial charge is 0.0292 e. The Labute approximate surface area is 86.5 Å². The third-order valence-electron chi connectivity index (χ3n) is 3.24. The van der Waals surface area contributed by atoms with Crippen LogP contribution in [0.5, 0.6) is 0 Å². The van der Waals surface area contributed by atoms with Crippen molar-refractivity contribution in [3.63, 3.8) is 0 Å². The van der Waals surface area contributed by atoms with Gasteiger partial charge in [0, 0.05) is 12.6 Å². The molecule has 0 bridgehead atoms. The van der Waals surface area contributed by atoms with E-state index in [2.05, 4.69) is 49.5 Å². The van der Waals surface area contributed by atoms with Crippen LogP contribution in [-0.4, -0.2) is 6.54 Å².